The van der Waals surface area contributed by atoms with E-state index < -0.39 is 30.4 Å². The molecule has 2 aromatic carbocycles. The lowest BCUT2D eigenvalue weighted by atomic mass is 9.81. The summed E-state index contributed by atoms with van der Waals surface area (Å²) in [6.45, 7) is -1.28. The van der Waals surface area contributed by atoms with Crippen LogP contribution in [0.1, 0.15) is 11.1 Å². The highest BCUT2D eigenvalue weighted by Crippen LogP contribution is 2.43. The molecule has 1 unspecified atom stereocenters. The summed E-state index contributed by atoms with van der Waals surface area (Å²) < 4.78 is 48.4. The van der Waals surface area contributed by atoms with Crippen LogP contribution in [0.5, 0.6) is 5.75 Å². The third kappa shape index (κ3) is 3.31. The summed E-state index contributed by atoms with van der Waals surface area (Å²) in [6, 6.07) is 15.5. The molecule has 0 fully saturated rings. The molecule has 168 valence electrons. The number of aromatic nitrogens is 1. The van der Waals surface area contributed by atoms with Crippen LogP contribution in [0.2, 0.25) is 0 Å². The van der Waals surface area contributed by atoms with Crippen molar-refractivity contribution in [3.63, 3.8) is 0 Å². The number of nitrogens with zero attached hydrogens (tertiary/aromatic N) is 4. The van der Waals surface area contributed by atoms with Crippen molar-refractivity contribution in [2.24, 2.45) is 15.7 Å². The maximum absolute atomic E-state index is 15.0. The zero-order valence-electron chi connectivity index (χ0n) is 17.7. The van der Waals surface area contributed by atoms with Gasteiger partial charge in [0.05, 0.1) is 13.7 Å². The summed E-state index contributed by atoms with van der Waals surface area (Å²) in [4.78, 5) is 14.2. The van der Waals surface area contributed by atoms with Crippen molar-refractivity contribution in [1.29, 1.82) is 0 Å². The summed E-state index contributed by atoms with van der Waals surface area (Å²) in [5, 5.41) is 0. The molecule has 3 aromatic rings. The molecule has 1 atom stereocenters. The Bertz CT molecular complexity index is 1280. The molecule has 0 spiro atoms. The predicted octanol–water partition coefficient (Wildman–Crippen LogP) is 3.82. The van der Waals surface area contributed by atoms with E-state index in [0.717, 1.165) is 0 Å². The number of amidine groups is 1. The smallest absolute Gasteiger partial charge is 0.284 e. The van der Waals surface area contributed by atoms with Crippen molar-refractivity contribution in [1.82, 2.24) is 9.88 Å². The van der Waals surface area contributed by atoms with Crippen LogP contribution in [0.3, 0.4) is 0 Å². The second-order valence-electron chi connectivity index (χ2n) is 7.90. The van der Waals surface area contributed by atoms with E-state index >= 15 is 4.39 Å². The van der Waals surface area contributed by atoms with E-state index in [-0.39, 0.29) is 11.7 Å². The maximum Gasteiger partial charge on any atom is 0.284 e. The zero-order chi connectivity index (χ0) is 23.2. The van der Waals surface area contributed by atoms with Crippen molar-refractivity contribution in [2.75, 3.05) is 20.2 Å². The molecular weight excluding hydrogens is 431 g/mol. The van der Waals surface area contributed by atoms with Crippen LogP contribution in [-0.4, -0.2) is 47.8 Å². The quantitative estimate of drug-likeness (QED) is 0.655. The standard InChI is InChI=1S/C24H20F3N5O/c1-33-19-7-3-6-18(20(19)25)15-4-2-5-17(12-15)24(16-8-10-29-11-9-16)21-30-13-23(26,27)14-32(21)22(28)31-24/h2-12H,13-14H2,1H3,(H2,28,31). The van der Waals surface area contributed by atoms with E-state index in [1.165, 1.54) is 18.1 Å². The van der Waals surface area contributed by atoms with Crippen LogP contribution in [0.15, 0.2) is 77.0 Å². The van der Waals surface area contributed by atoms with Crippen LogP contribution in [0.4, 0.5) is 13.2 Å². The number of hydrogen-bond donors (Lipinski definition) is 1. The first-order valence-electron chi connectivity index (χ1n) is 10.3. The molecule has 0 saturated heterocycles. The van der Waals surface area contributed by atoms with Gasteiger partial charge in [0, 0.05) is 18.0 Å². The third-order valence-corrected chi connectivity index (χ3v) is 5.86. The largest absolute Gasteiger partial charge is 0.494 e. The van der Waals surface area contributed by atoms with Gasteiger partial charge < -0.3 is 10.5 Å². The number of methoxy groups -OCH3 is 1. The van der Waals surface area contributed by atoms with Crippen LogP contribution < -0.4 is 10.5 Å². The number of fused-ring (bicyclic) bond motifs is 1. The van der Waals surface area contributed by atoms with Crippen LogP contribution in [0.25, 0.3) is 11.1 Å². The fourth-order valence-electron chi connectivity index (χ4n) is 4.36. The summed E-state index contributed by atoms with van der Waals surface area (Å²) in [7, 11) is 1.40. The van der Waals surface area contributed by atoms with E-state index in [9.17, 15) is 8.78 Å². The van der Waals surface area contributed by atoms with Gasteiger partial charge >= 0.3 is 0 Å². The number of guanidine groups is 1. The first-order chi connectivity index (χ1) is 15.9. The molecular formula is C24H20F3N5O. The fourth-order valence-corrected chi connectivity index (χ4v) is 4.36. The fraction of sp³-hybridized carbons (Fsp3) is 0.208. The minimum absolute atomic E-state index is 0.0529. The topological polar surface area (TPSA) is 76.1 Å². The lowest BCUT2D eigenvalue weighted by molar-refractivity contribution is -0.00437. The minimum atomic E-state index is -3.02. The Morgan fingerprint density at radius 2 is 1.79 bits per heavy atom. The third-order valence-electron chi connectivity index (χ3n) is 5.86. The average molecular weight is 451 g/mol. The van der Waals surface area contributed by atoms with Gasteiger partial charge in [-0.05, 0) is 41.0 Å². The Balaban J connectivity index is 1.73. The Labute approximate surface area is 188 Å². The molecule has 0 saturated carbocycles. The molecule has 0 radical (unpaired) electrons. The normalized spacial score (nSPS) is 21.3. The maximum atomic E-state index is 15.0. The monoisotopic (exact) mass is 451 g/mol. The molecule has 6 nitrogen and oxygen atoms in total. The number of nitrogens with two attached hydrogens (primary N) is 1. The molecule has 1 aromatic heterocycles. The van der Waals surface area contributed by atoms with Crippen molar-refractivity contribution >= 4 is 11.8 Å². The molecule has 2 N–H and O–H groups in total. The van der Waals surface area contributed by atoms with Gasteiger partial charge in [-0.1, -0.05) is 30.3 Å². The summed E-state index contributed by atoms with van der Waals surface area (Å²) >= 11 is 0. The zero-order valence-corrected chi connectivity index (χ0v) is 17.7. The Hall–Kier alpha value is -3.88. The van der Waals surface area contributed by atoms with Gasteiger partial charge in [0.1, 0.15) is 12.4 Å². The van der Waals surface area contributed by atoms with Crippen LogP contribution >= 0.6 is 0 Å². The number of halogens is 3. The number of aliphatic imine (C=N–C) groups is 2. The Morgan fingerprint density at radius 1 is 1.03 bits per heavy atom. The molecule has 0 aliphatic carbocycles. The second-order valence-corrected chi connectivity index (χ2v) is 7.90. The number of hydrogen-bond acceptors (Lipinski definition) is 6. The van der Waals surface area contributed by atoms with Gasteiger partial charge in [0.15, 0.2) is 23.1 Å². The lowest BCUT2D eigenvalue weighted by Crippen LogP contribution is -2.53. The van der Waals surface area contributed by atoms with Gasteiger partial charge in [0.25, 0.3) is 5.92 Å². The van der Waals surface area contributed by atoms with Gasteiger partial charge in [-0.2, -0.15) is 0 Å². The number of ether oxygens (including phenoxy) is 1. The summed E-state index contributed by atoms with van der Waals surface area (Å²) in [6.07, 6.45) is 3.18. The lowest BCUT2D eigenvalue weighted by Gasteiger charge is -2.35. The Morgan fingerprint density at radius 3 is 2.55 bits per heavy atom. The molecule has 33 heavy (non-hydrogen) atoms. The molecule has 0 amide bonds. The van der Waals surface area contributed by atoms with Crippen molar-refractivity contribution in [2.45, 2.75) is 11.5 Å². The highest BCUT2D eigenvalue weighted by molar-refractivity contribution is 6.12. The SMILES string of the molecule is COc1cccc(-c2cccc(C3(c4ccncc4)N=C(N)N4CC(F)(F)CN=C43)c2)c1F. The number of pyridine rings is 1. The van der Waals surface area contributed by atoms with Gasteiger partial charge in [-0.25, -0.2) is 18.2 Å². The first-order valence-corrected chi connectivity index (χ1v) is 10.3. The molecule has 2 aliphatic heterocycles. The van der Waals surface area contributed by atoms with Crippen molar-refractivity contribution < 1.29 is 17.9 Å². The highest BCUT2D eigenvalue weighted by atomic mass is 19.3. The molecule has 3 heterocycles. The van der Waals surface area contributed by atoms with Crippen molar-refractivity contribution in [3.8, 4) is 16.9 Å². The number of benzene rings is 2. The van der Waals surface area contributed by atoms with Crippen molar-refractivity contribution in [3.05, 3.63) is 83.9 Å². The average Bonchev–Trinajstić information content (AvgIpc) is 3.11. The Kier molecular flexibility index (Phi) is 4.84. The van der Waals surface area contributed by atoms with Gasteiger partial charge in [0.2, 0.25) is 0 Å². The van der Waals surface area contributed by atoms with Gasteiger partial charge in [-0.3, -0.25) is 14.9 Å². The molecule has 0 bridgehead atoms. The van der Waals surface area contributed by atoms with Crippen LogP contribution in [0, 0.1) is 5.82 Å². The van der Waals surface area contributed by atoms with Gasteiger partial charge in [-0.15, -0.1) is 0 Å². The second kappa shape index (κ2) is 7.61. The number of rotatable bonds is 4. The van der Waals surface area contributed by atoms with Crippen LogP contribution in [-0.2, 0) is 5.54 Å². The highest BCUT2D eigenvalue weighted by Gasteiger charge is 2.53. The minimum Gasteiger partial charge on any atom is -0.494 e. The van der Waals surface area contributed by atoms with E-state index in [1.54, 1.807) is 60.9 Å². The predicted molar refractivity (Wildman–Crippen MR) is 119 cm³/mol. The van der Waals surface area contributed by atoms with E-state index in [4.69, 9.17) is 10.5 Å². The van der Waals surface area contributed by atoms with E-state index in [0.29, 0.717) is 28.1 Å². The summed E-state index contributed by atoms with van der Waals surface area (Å²) in [5.74, 6) is -3.15. The summed E-state index contributed by atoms with van der Waals surface area (Å²) in [5.41, 5.74) is 7.06. The first kappa shape index (κ1) is 21.0. The van der Waals surface area contributed by atoms with E-state index in [2.05, 4.69) is 15.0 Å². The molecule has 9 heteroatoms. The number of alkyl halides is 2. The van der Waals surface area contributed by atoms with E-state index in [1.807, 2.05) is 0 Å². The molecule has 2 aliphatic rings. The molecule has 5 rings (SSSR count).